The number of nitrogens with zero attached hydrogens (tertiary/aromatic N) is 1. The number of aliphatic hydroxyl groups is 1. The maximum Gasteiger partial charge on any atom is 0.243 e. The van der Waals surface area contributed by atoms with Crippen LogP contribution in [-0.2, 0) is 10.0 Å². The largest absolute Gasteiger partial charge is 0.396 e. The predicted octanol–water partition coefficient (Wildman–Crippen LogP) is 1.61. The van der Waals surface area contributed by atoms with Crippen molar-refractivity contribution in [2.24, 2.45) is 0 Å². The number of aliphatic hydroxyl groups excluding tert-OH is 1. The minimum Gasteiger partial charge on any atom is -0.396 e. The molecule has 102 valence electrons. The minimum atomic E-state index is -3.71. The van der Waals surface area contributed by atoms with Crippen molar-refractivity contribution in [2.75, 3.05) is 13.2 Å². The first kappa shape index (κ1) is 15.1. The van der Waals surface area contributed by atoms with Crippen molar-refractivity contribution in [2.45, 2.75) is 31.2 Å². The van der Waals surface area contributed by atoms with Gasteiger partial charge in [0.2, 0.25) is 10.0 Å². The topological polar surface area (TPSA) is 57.6 Å². The molecule has 1 N–H and O–H groups in total. The van der Waals surface area contributed by atoms with Crippen LogP contribution in [0.2, 0.25) is 0 Å². The summed E-state index contributed by atoms with van der Waals surface area (Å²) in [5.41, 5.74) is 0. The molecule has 0 heterocycles. The summed E-state index contributed by atoms with van der Waals surface area (Å²) in [5, 5.41) is 8.80. The normalized spacial score (nSPS) is 12.3. The van der Waals surface area contributed by atoms with E-state index in [9.17, 15) is 12.8 Å². The first-order valence-electron chi connectivity index (χ1n) is 5.78. The van der Waals surface area contributed by atoms with Crippen LogP contribution in [0.5, 0.6) is 0 Å². The lowest BCUT2D eigenvalue weighted by Crippen LogP contribution is -2.38. The number of sulfonamides is 1. The second-order valence-electron chi connectivity index (χ2n) is 4.24. The fraction of sp³-hybridized carbons (Fsp3) is 0.500. The Labute approximate surface area is 107 Å². The van der Waals surface area contributed by atoms with Crippen LogP contribution in [0.3, 0.4) is 0 Å². The van der Waals surface area contributed by atoms with Crippen molar-refractivity contribution < 1.29 is 17.9 Å². The van der Waals surface area contributed by atoms with Gasteiger partial charge in [-0.1, -0.05) is 6.07 Å². The summed E-state index contributed by atoms with van der Waals surface area (Å²) in [6.45, 7) is 3.62. The van der Waals surface area contributed by atoms with Crippen molar-refractivity contribution in [3.8, 4) is 0 Å². The Morgan fingerprint density at radius 1 is 1.39 bits per heavy atom. The third-order valence-corrected chi connectivity index (χ3v) is 4.59. The molecule has 0 spiro atoms. The lowest BCUT2D eigenvalue weighted by atomic mass is 10.3. The van der Waals surface area contributed by atoms with E-state index in [0.29, 0.717) is 6.42 Å². The van der Waals surface area contributed by atoms with E-state index in [0.717, 1.165) is 6.07 Å². The second kappa shape index (κ2) is 6.26. The number of hydrogen-bond donors (Lipinski definition) is 1. The molecule has 0 aliphatic carbocycles. The molecule has 0 radical (unpaired) electrons. The standard InChI is InChI=1S/C12H18FNO3S/c1-10(2)14(7-4-8-15)18(16,17)12-6-3-5-11(13)9-12/h3,5-6,9-10,15H,4,7-8H2,1-2H3. The van der Waals surface area contributed by atoms with Gasteiger partial charge in [0.25, 0.3) is 0 Å². The second-order valence-corrected chi connectivity index (χ2v) is 6.13. The van der Waals surface area contributed by atoms with Gasteiger partial charge >= 0.3 is 0 Å². The Morgan fingerprint density at radius 3 is 2.56 bits per heavy atom. The summed E-state index contributed by atoms with van der Waals surface area (Å²) in [7, 11) is -3.71. The molecule has 6 heteroatoms. The van der Waals surface area contributed by atoms with Crippen LogP contribution in [-0.4, -0.2) is 37.0 Å². The van der Waals surface area contributed by atoms with Gasteiger partial charge in [-0.25, -0.2) is 12.8 Å². The van der Waals surface area contributed by atoms with Gasteiger partial charge in [-0.2, -0.15) is 4.31 Å². The number of benzene rings is 1. The molecule has 0 amide bonds. The molecule has 0 saturated heterocycles. The van der Waals surface area contributed by atoms with Gasteiger partial charge in [0.05, 0.1) is 4.90 Å². The van der Waals surface area contributed by atoms with Crippen LogP contribution in [0.25, 0.3) is 0 Å². The Bertz CT molecular complexity index is 488. The number of halogens is 1. The molecule has 1 aromatic carbocycles. The minimum absolute atomic E-state index is 0.0610. The van der Waals surface area contributed by atoms with E-state index in [1.165, 1.54) is 22.5 Å². The molecule has 1 rings (SSSR count). The first-order valence-corrected chi connectivity index (χ1v) is 7.22. The Hall–Kier alpha value is -0.980. The average Bonchev–Trinajstić information content (AvgIpc) is 2.28. The van der Waals surface area contributed by atoms with Gasteiger partial charge in [0.15, 0.2) is 0 Å². The molecule has 0 aromatic heterocycles. The molecule has 0 saturated carbocycles. The summed E-state index contributed by atoms with van der Waals surface area (Å²) < 4.78 is 39.0. The predicted molar refractivity (Wildman–Crippen MR) is 67.1 cm³/mol. The number of hydrogen-bond acceptors (Lipinski definition) is 3. The summed E-state index contributed by atoms with van der Waals surface area (Å²) in [6.07, 6.45) is 0.354. The maximum atomic E-state index is 13.1. The van der Waals surface area contributed by atoms with Crippen LogP contribution in [0.15, 0.2) is 29.2 Å². The van der Waals surface area contributed by atoms with Gasteiger partial charge in [-0.05, 0) is 38.5 Å². The molecule has 0 fully saturated rings. The molecule has 1 aromatic rings. The molecule has 0 aliphatic rings. The molecular weight excluding hydrogens is 257 g/mol. The third-order valence-electron chi connectivity index (χ3n) is 2.52. The lowest BCUT2D eigenvalue weighted by Gasteiger charge is -2.25. The molecule has 4 nitrogen and oxygen atoms in total. The van der Waals surface area contributed by atoms with Crippen LogP contribution in [0.1, 0.15) is 20.3 Å². The van der Waals surface area contributed by atoms with Crippen molar-refractivity contribution in [3.05, 3.63) is 30.1 Å². The van der Waals surface area contributed by atoms with Crippen LogP contribution in [0.4, 0.5) is 4.39 Å². The van der Waals surface area contributed by atoms with Crippen molar-refractivity contribution in [1.29, 1.82) is 0 Å². The zero-order valence-corrected chi connectivity index (χ0v) is 11.3. The van der Waals surface area contributed by atoms with Crippen molar-refractivity contribution >= 4 is 10.0 Å². The van der Waals surface area contributed by atoms with Gasteiger partial charge < -0.3 is 5.11 Å². The summed E-state index contributed by atoms with van der Waals surface area (Å²) in [6, 6.07) is 4.69. The molecule has 0 unspecified atom stereocenters. The van der Waals surface area contributed by atoms with E-state index >= 15 is 0 Å². The Balaban J connectivity index is 3.09. The van der Waals surface area contributed by atoms with Gasteiger partial charge in [0, 0.05) is 19.2 Å². The third kappa shape index (κ3) is 3.51. The van der Waals surface area contributed by atoms with Crippen LogP contribution in [0, 0.1) is 5.82 Å². The van der Waals surface area contributed by atoms with E-state index in [-0.39, 0.29) is 24.1 Å². The Kier molecular flexibility index (Phi) is 5.25. The average molecular weight is 275 g/mol. The SMILES string of the molecule is CC(C)N(CCCO)S(=O)(=O)c1cccc(F)c1. The molecule has 0 aliphatic heterocycles. The first-order chi connectivity index (χ1) is 8.39. The highest BCUT2D eigenvalue weighted by molar-refractivity contribution is 7.89. The lowest BCUT2D eigenvalue weighted by molar-refractivity contribution is 0.258. The smallest absolute Gasteiger partial charge is 0.243 e. The summed E-state index contributed by atoms with van der Waals surface area (Å²) >= 11 is 0. The number of rotatable bonds is 6. The van der Waals surface area contributed by atoms with Crippen molar-refractivity contribution in [1.82, 2.24) is 4.31 Å². The van der Waals surface area contributed by atoms with E-state index in [1.54, 1.807) is 13.8 Å². The maximum absolute atomic E-state index is 13.1. The summed E-state index contributed by atoms with van der Waals surface area (Å²) in [4.78, 5) is -0.0610. The molecular formula is C12H18FNO3S. The van der Waals surface area contributed by atoms with E-state index in [1.807, 2.05) is 0 Å². The molecule has 0 bridgehead atoms. The highest BCUT2D eigenvalue weighted by Crippen LogP contribution is 2.19. The fourth-order valence-electron chi connectivity index (χ4n) is 1.65. The van der Waals surface area contributed by atoms with Gasteiger partial charge in [-0.3, -0.25) is 0 Å². The van der Waals surface area contributed by atoms with E-state index in [2.05, 4.69) is 0 Å². The van der Waals surface area contributed by atoms with E-state index in [4.69, 9.17) is 5.11 Å². The molecule has 18 heavy (non-hydrogen) atoms. The summed E-state index contributed by atoms with van der Waals surface area (Å²) in [5.74, 6) is -0.582. The zero-order valence-electron chi connectivity index (χ0n) is 10.5. The van der Waals surface area contributed by atoms with Crippen LogP contribution >= 0.6 is 0 Å². The van der Waals surface area contributed by atoms with Crippen molar-refractivity contribution in [3.63, 3.8) is 0 Å². The van der Waals surface area contributed by atoms with Gasteiger partial charge in [0.1, 0.15) is 5.82 Å². The van der Waals surface area contributed by atoms with Gasteiger partial charge in [-0.15, -0.1) is 0 Å². The van der Waals surface area contributed by atoms with Crippen LogP contribution < -0.4 is 0 Å². The highest BCUT2D eigenvalue weighted by Gasteiger charge is 2.26. The van der Waals surface area contributed by atoms with E-state index < -0.39 is 15.8 Å². The monoisotopic (exact) mass is 275 g/mol. The fourth-order valence-corrected chi connectivity index (χ4v) is 3.35. The zero-order chi connectivity index (χ0) is 13.8. The molecule has 0 atom stereocenters. The quantitative estimate of drug-likeness (QED) is 0.858. The highest BCUT2D eigenvalue weighted by atomic mass is 32.2. The Morgan fingerprint density at radius 2 is 2.06 bits per heavy atom.